The first-order chi connectivity index (χ1) is 8.24. The second kappa shape index (κ2) is 5.58. The fourth-order valence-corrected chi connectivity index (χ4v) is 1.85. The van der Waals surface area contributed by atoms with Crippen molar-refractivity contribution >= 4 is 17.4 Å². The lowest BCUT2D eigenvalue weighted by Crippen LogP contribution is -2.00. The number of ether oxygens (including phenoxy) is 1. The molecule has 90 valence electrons. The van der Waals surface area contributed by atoms with Crippen LogP contribution in [0.15, 0.2) is 33.9 Å². The van der Waals surface area contributed by atoms with Crippen LogP contribution >= 0.6 is 11.8 Å². The predicted molar refractivity (Wildman–Crippen MR) is 66.1 cm³/mol. The van der Waals surface area contributed by atoms with Gasteiger partial charge >= 0.3 is 0 Å². The second-order valence-electron chi connectivity index (χ2n) is 3.36. The molecule has 6 heteroatoms. The summed E-state index contributed by atoms with van der Waals surface area (Å²) >= 11 is 1.47. The van der Waals surface area contributed by atoms with E-state index < -0.39 is 0 Å². The van der Waals surface area contributed by atoms with Gasteiger partial charge in [-0.3, -0.25) is 0 Å². The normalized spacial score (nSPS) is 10.4. The molecule has 5 nitrogen and oxygen atoms in total. The summed E-state index contributed by atoms with van der Waals surface area (Å²) in [5.41, 5.74) is 6.34. The zero-order valence-corrected chi connectivity index (χ0v) is 10.2. The third kappa shape index (κ3) is 3.67. The van der Waals surface area contributed by atoms with Gasteiger partial charge in [-0.25, -0.2) is 0 Å². The van der Waals surface area contributed by atoms with Crippen LogP contribution in [0.3, 0.4) is 0 Å². The molecule has 2 rings (SSSR count). The molecule has 0 radical (unpaired) electrons. The van der Waals surface area contributed by atoms with Crippen LogP contribution in [0.4, 0.5) is 5.69 Å². The molecule has 0 aliphatic rings. The molecule has 0 saturated carbocycles. The maximum absolute atomic E-state index is 5.64. The molecule has 0 aliphatic carbocycles. The highest BCUT2D eigenvalue weighted by Gasteiger charge is 2.02. The number of nitrogens with two attached hydrogens (primary N) is 1. The predicted octanol–water partition coefficient (Wildman–Crippen LogP) is 2.13. The summed E-state index contributed by atoms with van der Waals surface area (Å²) in [6.45, 7) is 2.33. The number of nitrogen functional groups attached to an aromatic ring is 1. The fourth-order valence-electron chi connectivity index (χ4n) is 1.23. The summed E-state index contributed by atoms with van der Waals surface area (Å²) < 4.78 is 10.7. The van der Waals surface area contributed by atoms with E-state index in [1.54, 1.807) is 13.0 Å². The van der Waals surface area contributed by atoms with Crippen molar-refractivity contribution in [1.29, 1.82) is 0 Å². The fraction of sp³-hybridized carbons (Fsp3) is 0.273. The highest BCUT2D eigenvalue weighted by atomic mass is 32.2. The lowest BCUT2D eigenvalue weighted by molar-refractivity contribution is 0.343. The minimum Gasteiger partial charge on any atom is -0.493 e. The molecule has 0 saturated heterocycles. The molecule has 17 heavy (non-hydrogen) atoms. The number of hydrogen-bond acceptors (Lipinski definition) is 6. The van der Waals surface area contributed by atoms with E-state index in [0.717, 1.165) is 11.5 Å². The van der Waals surface area contributed by atoms with Crippen molar-refractivity contribution in [2.24, 2.45) is 0 Å². The Morgan fingerprint density at radius 2 is 2.29 bits per heavy atom. The molecule has 2 aromatic rings. The van der Waals surface area contributed by atoms with Gasteiger partial charge in [0.15, 0.2) is 0 Å². The van der Waals surface area contributed by atoms with E-state index in [2.05, 4.69) is 10.2 Å². The standard InChI is InChI=1S/C11H13N3O2S/c1-8-13-14-11(16-8)17-6-5-15-10-4-2-3-9(12)7-10/h2-4,7H,5-6,12H2,1H3. The lowest BCUT2D eigenvalue weighted by atomic mass is 10.3. The van der Waals surface area contributed by atoms with Crippen LogP contribution in [0.5, 0.6) is 5.75 Å². The number of aryl methyl sites for hydroxylation is 1. The van der Waals surface area contributed by atoms with Crippen molar-refractivity contribution in [2.75, 3.05) is 18.1 Å². The largest absolute Gasteiger partial charge is 0.493 e. The smallest absolute Gasteiger partial charge is 0.276 e. The van der Waals surface area contributed by atoms with Gasteiger partial charge in [-0.2, -0.15) is 0 Å². The summed E-state index contributed by atoms with van der Waals surface area (Å²) in [6, 6.07) is 7.35. The molecule has 0 unspecified atom stereocenters. The van der Waals surface area contributed by atoms with E-state index in [1.165, 1.54) is 11.8 Å². The van der Waals surface area contributed by atoms with Gasteiger partial charge in [0.2, 0.25) is 5.89 Å². The van der Waals surface area contributed by atoms with Gasteiger partial charge in [0.1, 0.15) is 5.75 Å². The first kappa shape index (κ1) is 11.8. The van der Waals surface area contributed by atoms with Crippen LogP contribution in [-0.2, 0) is 0 Å². The van der Waals surface area contributed by atoms with Crippen LogP contribution in [0.25, 0.3) is 0 Å². The van der Waals surface area contributed by atoms with Gasteiger partial charge in [0, 0.05) is 24.4 Å². The maximum Gasteiger partial charge on any atom is 0.276 e. The van der Waals surface area contributed by atoms with Crippen molar-refractivity contribution in [1.82, 2.24) is 10.2 Å². The Morgan fingerprint density at radius 3 is 3.00 bits per heavy atom. The SMILES string of the molecule is Cc1nnc(SCCOc2cccc(N)c2)o1. The number of benzene rings is 1. The third-order valence-electron chi connectivity index (χ3n) is 1.94. The molecule has 0 atom stereocenters. The Morgan fingerprint density at radius 1 is 1.41 bits per heavy atom. The first-order valence-corrected chi connectivity index (χ1v) is 6.14. The van der Waals surface area contributed by atoms with E-state index in [-0.39, 0.29) is 0 Å². The molecule has 1 aromatic heterocycles. The number of anilines is 1. The van der Waals surface area contributed by atoms with Crippen molar-refractivity contribution in [2.45, 2.75) is 12.1 Å². The molecule has 1 heterocycles. The van der Waals surface area contributed by atoms with Gasteiger partial charge in [0.25, 0.3) is 5.22 Å². The van der Waals surface area contributed by atoms with E-state index in [9.17, 15) is 0 Å². The first-order valence-electron chi connectivity index (χ1n) is 5.15. The quantitative estimate of drug-likeness (QED) is 0.498. The number of nitrogens with zero attached hydrogens (tertiary/aromatic N) is 2. The van der Waals surface area contributed by atoms with Crippen LogP contribution in [0.1, 0.15) is 5.89 Å². The lowest BCUT2D eigenvalue weighted by Gasteiger charge is -2.05. The van der Waals surface area contributed by atoms with Crippen LogP contribution in [0, 0.1) is 6.92 Å². The highest BCUT2D eigenvalue weighted by molar-refractivity contribution is 7.99. The van der Waals surface area contributed by atoms with Gasteiger partial charge in [0.05, 0.1) is 6.61 Å². The van der Waals surface area contributed by atoms with E-state index >= 15 is 0 Å². The minimum absolute atomic E-state index is 0.565. The van der Waals surface area contributed by atoms with Crippen LogP contribution in [-0.4, -0.2) is 22.6 Å². The maximum atomic E-state index is 5.64. The molecule has 0 fully saturated rings. The van der Waals surface area contributed by atoms with Gasteiger partial charge in [-0.05, 0) is 12.1 Å². The molecule has 0 bridgehead atoms. The topological polar surface area (TPSA) is 74.2 Å². The molecule has 0 spiro atoms. The van der Waals surface area contributed by atoms with Crippen LogP contribution in [0.2, 0.25) is 0 Å². The summed E-state index contributed by atoms with van der Waals surface area (Å²) in [5.74, 6) is 2.09. The zero-order valence-electron chi connectivity index (χ0n) is 9.42. The van der Waals surface area contributed by atoms with E-state index in [1.807, 2.05) is 18.2 Å². The van der Waals surface area contributed by atoms with Crippen LogP contribution < -0.4 is 10.5 Å². The molecule has 0 amide bonds. The molecular weight excluding hydrogens is 238 g/mol. The van der Waals surface area contributed by atoms with Gasteiger partial charge in [-0.15, -0.1) is 10.2 Å². The Hall–Kier alpha value is -1.69. The minimum atomic E-state index is 0.565. The average molecular weight is 251 g/mol. The zero-order chi connectivity index (χ0) is 12.1. The Bertz CT molecular complexity index is 487. The molecule has 0 aliphatic heterocycles. The number of thioether (sulfide) groups is 1. The van der Waals surface area contributed by atoms with Crippen molar-refractivity contribution in [3.8, 4) is 5.75 Å². The number of rotatable bonds is 5. The van der Waals surface area contributed by atoms with E-state index in [0.29, 0.717) is 23.4 Å². The van der Waals surface area contributed by atoms with Crippen molar-refractivity contribution in [3.63, 3.8) is 0 Å². The number of hydrogen-bond donors (Lipinski definition) is 1. The monoisotopic (exact) mass is 251 g/mol. The molecule has 2 N–H and O–H groups in total. The van der Waals surface area contributed by atoms with Crippen molar-refractivity contribution < 1.29 is 9.15 Å². The average Bonchev–Trinajstić information content (AvgIpc) is 2.71. The second-order valence-corrected chi connectivity index (χ2v) is 4.40. The highest BCUT2D eigenvalue weighted by Crippen LogP contribution is 2.17. The van der Waals surface area contributed by atoms with Gasteiger partial charge < -0.3 is 14.9 Å². The Balaban J connectivity index is 1.73. The van der Waals surface area contributed by atoms with E-state index in [4.69, 9.17) is 14.9 Å². The summed E-state index contributed by atoms with van der Waals surface area (Å²) in [5, 5.41) is 8.18. The summed E-state index contributed by atoms with van der Waals surface area (Å²) in [7, 11) is 0. The third-order valence-corrected chi connectivity index (χ3v) is 2.73. The molecule has 1 aromatic carbocycles. The summed E-state index contributed by atoms with van der Waals surface area (Å²) in [4.78, 5) is 0. The number of aromatic nitrogens is 2. The van der Waals surface area contributed by atoms with Crippen molar-refractivity contribution in [3.05, 3.63) is 30.2 Å². The summed E-state index contributed by atoms with van der Waals surface area (Å²) in [6.07, 6.45) is 0. The van der Waals surface area contributed by atoms with Gasteiger partial charge in [-0.1, -0.05) is 17.8 Å². The Labute approximate surface area is 103 Å². The molecular formula is C11H13N3O2S. The Kier molecular flexibility index (Phi) is 3.87.